The summed E-state index contributed by atoms with van der Waals surface area (Å²) in [5.74, 6) is 1.26. The monoisotopic (exact) mass is 177 g/mol. The third kappa shape index (κ3) is 1.86. The molecule has 1 N–H and O–H groups in total. The molecule has 2 rings (SSSR count). The van der Waals surface area contributed by atoms with Gasteiger partial charge in [0.05, 0.1) is 5.69 Å². The molecule has 1 aromatic rings. The maximum Gasteiger partial charge on any atom is 0.0621 e. The lowest BCUT2D eigenvalue weighted by molar-refractivity contribution is 0.343. The predicted octanol–water partition coefficient (Wildman–Crippen LogP) is 1.19. The van der Waals surface area contributed by atoms with Crippen molar-refractivity contribution in [1.29, 1.82) is 0 Å². The summed E-state index contributed by atoms with van der Waals surface area (Å²) in [6.45, 7) is 4.47. The SMILES string of the molecule is CC1CNCCC1c1cnccn1. The maximum absolute atomic E-state index is 4.36. The second-order valence-corrected chi connectivity index (χ2v) is 3.71. The quantitative estimate of drug-likeness (QED) is 0.700. The molecule has 0 radical (unpaired) electrons. The molecule has 0 amide bonds. The molecule has 2 heterocycles. The average molecular weight is 177 g/mol. The highest BCUT2D eigenvalue weighted by molar-refractivity contribution is 5.06. The molecule has 2 atom stereocenters. The van der Waals surface area contributed by atoms with Crippen LogP contribution in [0.15, 0.2) is 18.6 Å². The van der Waals surface area contributed by atoms with E-state index in [1.807, 2.05) is 6.20 Å². The molecule has 13 heavy (non-hydrogen) atoms. The first-order chi connectivity index (χ1) is 6.38. The second kappa shape index (κ2) is 3.83. The van der Waals surface area contributed by atoms with Gasteiger partial charge in [-0.15, -0.1) is 0 Å². The van der Waals surface area contributed by atoms with Gasteiger partial charge in [-0.05, 0) is 25.4 Å². The highest BCUT2D eigenvalue weighted by Gasteiger charge is 2.23. The Labute approximate surface area is 78.6 Å². The minimum absolute atomic E-state index is 0.593. The van der Waals surface area contributed by atoms with Crippen LogP contribution in [0.1, 0.15) is 25.0 Å². The Morgan fingerprint density at radius 3 is 3.08 bits per heavy atom. The molecule has 1 aromatic heterocycles. The lowest BCUT2D eigenvalue weighted by Gasteiger charge is -2.28. The van der Waals surface area contributed by atoms with Gasteiger partial charge in [0, 0.05) is 24.5 Å². The number of nitrogens with one attached hydrogen (secondary N) is 1. The van der Waals surface area contributed by atoms with E-state index in [1.165, 1.54) is 6.42 Å². The van der Waals surface area contributed by atoms with Gasteiger partial charge in [-0.1, -0.05) is 6.92 Å². The van der Waals surface area contributed by atoms with Crippen LogP contribution in [0.25, 0.3) is 0 Å². The van der Waals surface area contributed by atoms with E-state index in [4.69, 9.17) is 0 Å². The van der Waals surface area contributed by atoms with Gasteiger partial charge in [0.15, 0.2) is 0 Å². The van der Waals surface area contributed by atoms with E-state index >= 15 is 0 Å². The summed E-state index contributed by atoms with van der Waals surface area (Å²) in [5.41, 5.74) is 1.15. The molecule has 0 aromatic carbocycles. The molecule has 2 unspecified atom stereocenters. The summed E-state index contributed by atoms with van der Waals surface area (Å²) in [4.78, 5) is 8.47. The molecule has 0 aliphatic carbocycles. The first kappa shape index (κ1) is 8.63. The van der Waals surface area contributed by atoms with Gasteiger partial charge >= 0.3 is 0 Å². The fraction of sp³-hybridized carbons (Fsp3) is 0.600. The predicted molar refractivity (Wildman–Crippen MR) is 51.4 cm³/mol. The molecule has 0 spiro atoms. The van der Waals surface area contributed by atoms with Crippen LogP contribution in [0.4, 0.5) is 0 Å². The van der Waals surface area contributed by atoms with Crippen molar-refractivity contribution in [2.45, 2.75) is 19.3 Å². The molecule has 3 heteroatoms. The van der Waals surface area contributed by atoms with E-state index in [2.05, 4.69) is 22.2 Å². The maximum atomic E-state index is 4.36. The Morgan fingerprint density at radius 2 is 2.38 bits per heavy atom. The molecule has 70 valence electrons. The Morgan fingerprint density at radius 1 is 1.46 bits per heavy atom. The van der Waals surface area contributed by atoms with Crippen molar-refractivity contribution in [1.82, 2.24) is 15.3 Å². The van der Waals surface area contributed by atoms with Crippen LogP contribution < -0.4 is 5.32 Å². The third-order valence-corrected chi connectivity index (χ3v) is 2.75. The van der Waals surface area contributed by atoms with E-state index in [0.29, 0.717) is 11.8 Å². The molecule has 0 bridgehead atoms. The van der Waals surface area contributed by atoms with Gasteiger partial charge in [0.2, 0.25) is 0 Å². The first-order valence-corrected chi connectivity index (χ1v) is 4.84. The molecule has 1 aliphatic heterocycles. The standard InChI is InChI=1S/C10H15N3/c1-8-6-11-3-2-9(8)10-7-12-4-5-13-10/h4-5,7-9,11H,2-3,6H2,1H3. The summed E-state index contributed by atoms with van der Waals surface area (Å²) in [5, 5.41) is 3.39. The smallest absolute Gasteiger partial charge is 0.0621 e. The van der Waals surface area contributed by atoms with Crippen molar-refractivity contribution in [2.75, 3.05) is 13.1 Å². The van der Waals surface area contributed by atoms with Crippen LogP contribution >= 0.6 is 0 Å². The zero-order valence-electron chi connectivity index (χ0n) is 7.90. The lowest BCUT2D eigenvalue weighted by Crippen LogP contribution is -2.34. The van der Waals surface area contributed by atoms with Crippen molar-refractivity contribution >= 4 is 0 Å². The van der Waals surface area contributed by atoms with Crippen molar-refractivity contribution < 1.29 is 0 Å². The van der Waals surface area contributed by atoms with E-state index in [9.17, 15) is 0 Å². The summed E-state index contributed by atoms with van der Waals surface area (Å²) in [6, 6.07) is 0. The number of aromatic nitrogens is 2. The Hall–Kier alpha value is -0.960. The third-order valence-electron chi connectivity index (χ3n) is 2.75. The lowest BCUT2D eigenvalue weighted by atomic mass is 9.85. The fourth-order valence-corrected chi connectivity index (χ4v) is 1.96. The molecule has 0 saturated carbocycles. The highest BCUT2D eigenvalue weighted by atomic mass is 14.9. The van der Waals surface area contributed by atoms with Gasteiger partial charge in [0.1, 0.15) is 0 Å². The van der Waals surface area contributed by atoms with Gasteiger partial charge < -0.3 is 5.32 Å². The van der Waals surface area contributed by atoms with Crippen LogP contribution in [0, 0.1) is 5.92 Å². The molecule has 1 fully saturated rings. The average Bonchev–Trinajstić information content (AvgIpc) is 2.20. The minimum atomic E-state index is 0.593. The highest BCUT2D eigenvalue weighted by Crippen LogP contribution is 2.27. The van der Waals surface area contributed by atoms with E-state index in [1.54, 1.807) is 12.4 Å². The summed E-state index contributed by atoms with van der Waals surface area (Å²) < 4.78 is 0. The summed E-state index contributed by atoms with van der Waals surface area (Å²) >= 11 is 0. The van der Waals surface area contributed by atoms with Crippen LogP contribution in [0.2, 0.25) is 0 Å². The van der Waals surface area contributed by atoms with Crippen LogP contribution in [0.3, 0.4) is 0 Å². The first-order valence-electron chi connectivity index (χ1n) is 4.84. The Kier molecular flexibility index (Phi) is 2.54. The topological polar surface area (TPSA) is 37.8 Å². The van der Waals surface area contributed by atoms with Crippen molar-refractivity contribution in [3.05, 3.63) is 24.3 Å². The molecular weight excluding hydrogens is 162 g/mol. The number of rotatable bonds is 1. The zero-order valence-corrected chi connectivity index (χ0v) is 7.90. The van der Waals surface area contributed by atoms with Gasteiger partial charge in [-0.25, -0.2) is 0 Å². The van der Waals surface area contributed by atoms with Crippen LogP contribution in [-0.4, -0.2) is 23.1 Å². The molecule has 3 nitrogen and oxygen atoms in total. The minimum Gasteiger partial charge on any atom is -0.316 e. The van der Waals surface area contributed by atoms with Gasteiger partial charge in [0.25, 0.3) is 0 Å². The van der Waals surface area contributed by atoms with E-state index < -0.39 is 0 Å². The van der Waals surface area contributed by atoms with Crippen molar-refractivity contribution in [3.63, 3.8) is 0 Å². The normalized spacial score (nSPS) is 28.7. The van der Waals surface area contributed by atoms with Gasteiger partial charge in [-0.3, -0.25) is 9.97 Å². The number of hydrogen-bond acceptors (Lipinski definition) is 3. The van der Waals surface area contributed by atoms with E-state index in [0.717, 1.165) is 18.8 Å². The van der Waals surface area contributed by atoms with Gasteiger partial charge in [-0.2, -0.15) is 0 Å². The summed E-state index contributed by atoms with van der Waals surface area (Å²) in [7, 11) is 0. The second-order valence-electron chi connectivity index (χ2n) is 3.71. The molecule has 1 aliphatic rings. The number of piperidine rings is 1. The fourth-order valence-electron chi connectivity index (χ4n) is 1.96. The Bertz CT molecular complexity index is 260. The molecule has 1 saturated heterocycles. The van der Waals surface area contributed by atoms with Crippen LogP contribution in [-0.2, 0) is 0 Å². The molecular formula is C10H15N3. The zero-order chi connectivity index (χ0) is 9.10. The largest absolute Gasteiger partial charge is 0.316 e. The van der Waals surface area contributed by atoms with Crippen molar-refractivity contribution in [3.8, 4) is 0 Å². The number of nitrogens with zero attached hydrogens (tertiary/aromatic N) is 2. The Balaban J connectivity index is 2.15. The summed E-state index contributed by atoms with van der Waals surface area (Å²) in [6.07, 6.45) is 6.59. The van der Waals surface area contributed by atoms with Crippen LogP contribution in [0.5, 0.6) is 0 Å². The van der Waals surface area contributed by atoms with E-state index in [-0.39, 0.29) is 0 Å². The number of hydrogen-bond donors (Lipinski definition) is 1. The van der Waals surface area contributed by atoms with Crippen molar-refractivity contribution in [2.24, 2.45) is 5.92 Å².